The Balaban J connectivity index is 1.33. The lowest BCUT2D eigenvalue weighted by Crippen LogP contribution is -2.09. The van der Waals surface area contributed by atoms with Crippen molar-refractivity contribution in [3.05, 3.63) is 87.2 Å². The molecule has 5 nitrogen and oxygen atoms in total. The molecule has 0 spiro atoms. The molecule has 8 heteroatoms. The van der Waals surface area contributed by atoms with E-state index in [1.807, 2.05) is 65.4 Å². The van der Waals surface area contributed by atoms with Gasteiger partial charge in [0.2, 0.25) is 0 Å². The summed E-state index contributed by atoms with van der Waals surface area (Å²) in [7, 11) is 0. The molecule has 0 radical (unpaired) electrons. The van der Waals surface area contributed by atoms with Gasteiger partial charge in [-0.05, 0) is 65.4 Å². The maximum absolute atomic E-state index is 12.3. The first-order chi connectivity index (χ1) is 15.2. The van der Waals surface area contributed by atoms with Crippen LogP contribution < -0.4 is 10.6 Å². The van der Waals surface area contributed by atoms with Gasteiger partial charge in [0.1, 0.15) is 5.01 Å². The molecule has 2 amide bonds. The number of nitrogens with zero attached hydrogens (tertiary/aromatic N) is 1. The zero-order chi connectivity index (χ0) is 21.2. The Morgan fingerprint density at radius 3 is 1.97 bits per heavy atom. The van der Waals surface area contributed by atoms with Gasteiger partial charge in [0.15, 0.2) is 0 Å². The van der Waals surface area contributed by atoms with Gasteiger partial charge in [-0.25, -0.2) is 4.98 Å². The number of anilines is 2. The first kappa shape index (κ1) is 19.6. The first-order valence-electron chi connectivity index (χ1n) is 9.36. The Morgan fingerprint density at radius 1 is 0.742 bits per heavy atom. The van der Waals surface area contributed by atoms with Gasteiger partial charge in [-0.2, -0.15) is 0 Å². The smallest absolute Gasteiger partial charge is 0.265 e. The number of benzene rings is 2. The van der Waals surface area contributed by atoms with Crippen LogP contribution in [0.1, 0.15) is 19.3 Å². The molecule has 152 valence electrons. The predicted molar refractivity (Wildman–Crippen MR) is 130 cm³/mol. The monoisotopic (exact) mass is 461 g/mol. The minimum atomic E-state index is -0.120. The molecule has 0 aliphatic rings. The summed E-state index contributed by atoms with van der Waals surface area (Å²) in [6.07, 6.45) is 0. The van der Waals surface area contributed by atoms with Crippen LogP contribution in [0.25, 0.3) is 20.8 Å². The van der Waals surface area contributed by atoms with Crippen molar-refractivity contribution >= 4 is 67.4 Å². The molecule has 0 saturated heterocycles. The average Bonchev–Trinajstić information content (AvgIpc) is 3.55. The van der Waals surface area contributed by atoms with Crippen molar-refractivity contribution in [2.24, 2.45) is 0 Å². The summed E-state index contributed by atoms with van der Waals surface area (Å²) >= 11 is 4.40. The number of rotatable bonds is 5. The van der Waals surface area contributed by atoms with Crippen LogP contribution in [0.4, 0.5) is 11.4 Å². The van der Waals surface area contributed by atoms with Crippen LogP contribution in [0.2, 0.25) is 0 Å². The second-order valence-corrected chi connectivity index (χ2v) is 9.57. The highest BCUT2D eigenvalue weighted by atomic mass is 32.1. The molecule has 5 rings (SSSR count). The van der Waals surface area contributed by atoms with Crippen molar-refractivity contribution in [3.63, 3.8) is 0 Å². The fourth-order valence-electron chi connectivity index (χ4n) is 3.03. The molecule has 5 aromatic rings. The van der Waals surface area contributed by atoms with Crippen LogP contribution in [-0.2, 0) is 0 Å². The number of thiazole rings is 1. The predicted octanol–water partition coefficient (Wildman–Crippen LogP) is 6.59. The third-order valence-corrected chi connectivity index (χ3v) is 7.35. The minimum Gasteiger partial charge on any atom is -0.321 e. The zero-order valence-corrected chi connectivity index (χ0v) is 18.4. The maximum atomic E-state index is 12.3. The number of nitrogens with one attached hydrogen (secondary N) is 2. The molecule has 2 N–H and O–H groups in total. The number of hydrogen-bond acceptors (Lipinski definition) is 6. The summed E-state index contributed by atoms with van der Waals surface area (Å²) in [5.74, 6) is -0.232. The molecule has 0 aliphatic heterocycles. The van der Waals surface area contributed by atoms with Gasteiger partial charge < -0.3 is 10.6 Å². The molecular formula is C23H15N3O2S3. The topological polar surface area (TPSA) is 71.1 Å². The van der Waals surface area contributed by atoms with E-state index in [4.69, 9.17) is 4.98 Å². The van der Waals surface area contributed by atoms with Crippen LogP contribution >= 0.6 is 34.0 Å². The van der Waals surface area contributed by atoms with Crippen LogP contribution in [0.3, 0.4) is 0 Å². The van der Waals surface area contributed by atoms with Crippen molar-refractivity contribution < 1.29 is 9.59 Å². The molecule has 0 atom stereocenters. The molecule has 2 aromatic carbocycles. The van der Waals surface area contributed by atoms with Crippen molar-refractivity contribution in [1.82, 2.24) is 4.98 Å². The Morgan fingerprint density at radius 2 is 1.35 bits per heavy atom. The summed E-state index contributed by atoms with van der Waals surface area (Å²) in [4.78, 5) is 30.5. The summed E-state index contributed by atoms with van der Waals surface area (Å²) in [5, 5.41) is 10.5. The van der Waals surface area contributed by atoms with Gasteiger partial charge in [-0.15, -0.1) is 34.0 Å². The molecule has 0 bridgehead atoms. The van der Waals surface area contributed by atoms with Crippen LogP contribution in [0.5, 0.6) is 0 Å². The number of carbonyl (C=O) groups excluding carboxylic acids is 2. The molecular weight excluding hydrogens is 446 g/mol. The summed E-state index contributed by atoms with van der Waals surface area (Å²) in [6, 6.07) is 20.7. The Bertz CT molecular complexity index is 1360. The van der Waals surface area contributed by atoms with Crippen molar-refractivity contribution in [1.29, 1.82) is 0 Å². The van der Waals surface area contributed by atoms with E-state index in [9.17, 15) is 9.59 Å². The van der Waals surface area contributed by atoms with Crippen LogP contribution in [-0.4, -0.2) is 16.8 Å². The largest absolute Gasteiger partial charge is 0.321 e. The second kappa shape index (κ2) is 8.43. The van der Waals surface area contributed by atoms with Crippen molar-refractivity contribution in [2.75, 3.05) is 10.6 Å². The number of amides is 2. The van der Waals surface area contributed by atoms with Crippen LogP contribution in [0.15, 0.2) is 77.5 Å². The molecule has 3 aromatic heterocycles. The summed E-state index contributed by atoms with van der Waals surface area (Å²) in [5.41, 5.74) is 3.26. The molecule has 0 saturated carbocycles. The molecule has 0 unspecified atom stereocenters. The number of carbonyl (C=O) groups is 2. The van der Waals surface area contributed by atoms with Gasteiger partial charge in [0.05, 0.1) is 20.0 Å². The van der Waals surface area contributed by atoms with E-state index in [0.717, 1.165) is 32.2 Å². The number of fused-ring (bicyclic) bond motifs is 1. The summed E-state index contributed by atoms with van der Waals surface area (Å²) in [6.45, 7) is 0. The Labute approximate surface area is 190 Å². The quantitative estimate of drug-likeness (QED) is 0.310. The highest BCUT2D eigenvalue weighted by Crippen LogP contribution is 2.32. The van der Waals surface area contributed by atoms with Gasteiger partial charge in [0.25, 0.3) is 11.8 Å². The fourth-order valence-corrected chi connectivity index (χ4v) is 5.22. The van der Waals surface area contributed by atoms with Gasteiger partial charge in [0, 0.05) is 16.9 Å². The zero-order valence-electron chi connectivity index (χ0n) is 16.0. The molecule has 0 aliphatic carbocycles. The lowest BCUT2D eigenvalue weighted by Gasteiger charge is -2.04. The van der Waals surface area contributed by atoms with E-state index in [1.165, 1.54) is 22.7 Å². The number of aromatic nitrogens is 1. The van der Waals surface area contributed by atoms with Gasteiger partial charge in [-0.1, -0.05) is 12.1 Å². The highest BCUT2D eigenvalue weighted by Gasteiger charge is 2.11. The number of hydrogen-bond donors (Lipinski definition) is 2. The highest BCUT2D eigenvalue weighted by molar-refractivity contribution is 7.21. The Kier molecular flexibility index (Phi) is 5.33. The van der Waals surface area contributed by atoms with Crippen molar-refractivity contribution in [3.8, 4) is 10.6 Å². The van der Waals surface area contributed by atoms with E-state index in [2.05, 4.69) is 10.6 Å². The molecule has 3 heterocycles. The van der Waals surface area contributed by atoms with E-state index in [0.29, 0.717) is 9.75 Å². The fraction of sp³-hybridized carbons (Fsp3) is 0. The van der Waals surface area contributed by atoms with Crippen LogP contribution in [0, 0.1) is 0 Å². The third-order valence-electron chi connectivity index (χ3n) is 4.53. The van der Waals surface area contributed by atoms with E-state index < -0.39 is 0 Å². The Hall–Kier alpha value is -3.33. The van der Waals surface area contributed by atoms with E-state index in [-0.39, 0.29) is 11.8 Å². The first-order valence-corrected chi connectivity index (χ1v) is 11.9. The lowest BCUT2D eigenvalue weighted by atomic mass is 10.2. The van der Waals surface area contributed by atoms with Gasteiger partial charge in [-0.3, -0.25) is 9.59 Å². The third kappa shape index (κ3) is 4.27. The summed E-state index contributed by atoms with van der Waals surface area (Å²) < 4.78 is 1.04. The number of thiophene rings is 2. The van der Waals surface area contributed by atoms with Gasteiger partial charge >= 0.3 is 0 Å². The van der Waals surface area contributed by atoms with E-state index in [1.54, 1.807) is 23.5 Å². The molecule has 0 fully saturated rings. The normalized spacial score (nSPS) is 10.8. The van der Waals surface area contributed by atoms with Crippen molar-refractivity contribution in [2.45, 2.75) is 0 Å². The second-order valence-electron chi connectivity index (χ2n) is 6.64. The average molecular weight is 462 g/mol. The molecule has 31 heavy (non-hydrogen) atoms. The minimum absolute atomic E-state index is 0.111. The SMILES string of the molecule is O=C(Nc1ccc(-c2nc3cc(NC(=O)c4cccs4)ccc3s2)cc1)c1cccs1. The van der Waals surface area contributed by atoms with E-state index >= 15 is 0 Å². The maximum Gasteiger partial charge on any atom is 0.265 e. The lowest BCUT2D eigenvalue weighted by molar-refractivity contribution is 0.102. The standard InChI is InChI=1S/C23H15N3O2S3/c27-21(19-3-1-11-29-19)24-15-7-5-14(6-8-15)23-26-17-13-16(9-10-18(17)31-23)25-22(28)20-4-2-12-30-20/h1-13H,(H,24,27)(H,25,28).